The molecule has 1 heterocycles. The number of carbonyl (C=O) groups excluding carboxylic acids is 2. The number of benzene rings is 1. The number of rotatable bonds is 3. The Morgan fingerprint density at radius 2 is 1.39 bits per heavy atom. The predicted octanol–water partition coefficient (Wildman–Crippen LogP) is 1.14. The normalized spacial score (nSPS) is 14.4. The van der Waals surface area contributed by atoms with E-state index in [1.54, 1.807) is 61.2 Å². The molecule has 0 aromatic heterocycles. The lowest BCUT2D eigenvalue weighted by Crippen LogP contribution is -2.52. The van der Waals surface area contributed by atoms with Gasteiger partial charge in [0.25, 0.3) is 5.91 Å². The highest BCUT2D eigenvalue weighted by molar-refractivity contribution is 5.95. The first-order valence-electron chi connectivity index (χ1n) is 7.45. The van der Waals surface area contributed by atoms with E-state index in [0.717, 1.165) is 0 Å². The molecule has 0 bridgehead atoms. The van der Waals surface area contributed by atoms with Crippen molar-refractivity contribution in [1.82, 2.24) is 14.7 Å². The van der Waals surface area contributed by atoms with Crippen LogP contribution in [0, 0.1) is 0 Å². The molecule has 0 saturated carbocycles. The van der Waals surface area contributed by atoms with E-state index in [-0.39, 0.29) is 11.9 Å². The molecule has 7 nitrogen and oxygen atoms in total. The third-order valence-electron chi connectivity index (χ3n) is 3.82. The minimum Gasteiger partial charge on any atom is -0.497 e. The number of carbonyl (C=O) groups is 2. The van der Waals surface area contributed by atoms with Crippen LogP contribution >= 0.6 is 0 Å². The van der Waals surface area contributed by atoms with Crippen LogP contribution in [-0.2, 0) is 0 Å². The van der Waals surface area contributed by atoms with Crippen LogP contribution in [0.5, 0.6) is 11.5 Å². The highest BCUT2D eigenvalue weighted by Crippen LogP contribution is 2.23. The number of amides is 3. The fraction of sp³-hybridized carbons (Fsp3) is 0.500. The molecular formula is C16H23N3O4. The molecule has 1 aliphatic rings. The molecule has 1 fully saturated rings. The minimum absolute atomic E-state index is 0.0276. The van der Waals surface area contributed by atoms with Crippen molar-refractivity contribution < 1.29 is 19.1 Å². The summed E-state index contributed by atoms with van der Waals surface area (Å²) in [5.41, 5.74) is 0.522. The second kappa shape index (κ2) is 7.21. The van der Waals surface area contributed by atoms with E-state index in [1.165, 1.54) is 0 Å². The largest absolute Gasteiger partial charge is 0.497 e. The van der Waals surface area contributed by atoms with Crippen LogP contribution in [0.4, 0.5) is 4.79 Å². The van der Waals surface area contributed by atoms with Crippen molar-refractivity contribution in [2.24, 2.45) is 0 Å². The Morgan fingerprint density at radius 3 is 1.83 bits per heavy atom. The van der Waals surface area contributed by atoms with Gasteiger partial charge < -0.3 is 24.2 Å². The van der Waals surface area contributed by atoms with Gasteiger partial charge in [-0.3, -0.25) is 4.79 Å². The van der Waals surface area contributed by atoms with E-state index < -0.39 is 0 Å². The van der Waals surface area contributed by atoms with E-state index in [4.69, 9.17) is 9.47 Å². The Hall–Kier alpha value is -2.44. The van der Waals surface area contributed by atoms with Gasteiger partial charge in [0, 0.05) is 51.9 Å². The van der Waals surface area contributed by atoms with E-state index in [1.807, 2.05) is 0 Å². The summed E-state index contributed by atoms with van der Waals surface area (Å²) in [5.74, 6) is 1.07. The number of ether oxygens (including phenoxy) is 2. The number of nitrogens with zero attached hydrogens (tertiary/aromatic N) is 3. The lowest BCUT2D eigenvalue weighted by Gasteiger charge is -2.36. The Balaban J connectivity index is 2.06. The third kappa shape index (κ3) is 3.85. The molecule has 7 heteroatoms. The number of methoxy groups -OCH3 is 2. The Labute approximate surface area is 136 Å². The van der Waals surface area contributed by atoms with E-state index in [2.05, 4.69) is 0 Å². The summed E-state index contributed by atoms with van der Waals surface area (Å²) in [7, 11) is 6.55. The van der Waals surface area contributed by atoms with Crippen molar-refractivity contribution in [2.75, 3.05) is 54.5 Å². The van der Waals surface area contributed by atoms with Gasteiger partial charge in [0.1, 0.15) is 11.5 Å². The molecular weight excluding hydrogens is 298 g/mol. The number of hydrogen-bond donors (Lipinski definition) is 0. The van der Waals surface area contributed by atoms with Gasteiger partial charge in [-0.05, 0) is 12.1 Å². The third-order valence-corrected chi connectivity index (χ3v) is 3.82. The van der Waals surface area contributed by atoms with Crippen molar-refractivity contribution >= 4 is 11.9 Å². The molecule has 0 aliphatic carbocycles. The monoisotopic (exact) mass is 321 g/mol. The first-order valence-corrected chi connectivity index (χ1v) is 7.45. The summed E-state index contributed by atoms with van der Waals surface area (Å²) in [5, 5.41) is 0. The maximum Gasteiger partial charge on any atom is 0.319 e. The van der Waals surface area contributed by atoms with Gasteiger partial charge in [0.15, 0.2) is 0 Å². The smallest absolute Gasteiger partial charge is 0.319 e. The quantitative estimate of drug-likeness (QED) is 0.838. The summed E-state index contributed by atoms with van der Waals surface area (Å²) in [6, 6.07) is 5.09. The van der Waals surface area contributed by atoms with Crippen molar-refractivity contribution in [2.45, 2.75) is 0 Å². The zero-order valence-corrected chi connectivity index (χ0v) is 14.0. The van der Waals surface area contributed by atoms with E-state index in [0.29, 0.717) is 43.2 Å². The molecule has 0 N–H and O–H groups in total. The van der Waals surface area contributed by atoms with Crippen LogP contribution in [0.15, 0.2) is 18.2 Å². The molecule has 1 aliphatic heterocycles. The lowest BCUT2D eigenvalue weighted by atomic mass is 10.1. The summed E-state index contributed by atoms with van der Waals surface area (Å²) in [4.78, 5) is 29.6. The van der Waals surface area contributed by atoms with Gasteiger partial charge in [-0.25, -0.2) is 4.79 Å². The van der Waals surface area contributed by atoms with Gasteiger partial charge in [0.2, 0.25) is 0 Å². The van der Waals surface area contributed by atoms with Crippen LogP contribution in [0.1, 0.15) is 10.4 Å². The maximum absolute atomic E-state index is 12.6. The van der Waals surface area contributed by atoms with Crippen molar-refractivity contribution in [1.29, 1.82) is 0 Å². The molecule has 1 aromatic rings. The topological polar surface area (TPSA) is 62.3 Å². The van der Waals surface area contributed by atoms with Gasteiger partial charge in [-0.15, -0.1) is 0 Å². The summed E-state index contributed by atoms with van der Waals surface area (Å²) < 4.78 is 10.4. The zero-order valence-electron chi connectivity index (χ0n) is 14.0. The Kier molecular flexibility index (Phi) is 5.31. The first kappa shape index (κ1) is 16.9. The fourth-order valence-corrected chi connectivity index (χ4v) is 2.50. The van der Waals surface area contributed by atoms with Crippen molar-refractivity contribution in [3.63, 3.8) is 0 Å². The first-order chi connectivity index (χ1) is 11.0. The molecule has 0 spiro atoms. The summed E-state index contributed by atoms with van der Waals surface area (Å²) in [6.07, 6.45) is 0. The average Bonchev–Trinajstić information content (AvgIpc) is 2.59. The Bertz CT molecular complexity index is 558. The second-order valence-electron chi connectivity index (χ2n) is 5.56. The molecule has 126 valence electrons. The average molecular weight is 321 g/mol. The van der Waals surface area contributed by atoms with Gasteiger partial charge in [-0.2, -0.15) is 0 Å². The summed E-state index contributed by atoms with van der Waals surface area (Å²) >= 11 is 0. The molecule has 0 radical (unpaired) electrons. The van der Waals surface area contributed by atoms with E-state index in [9.17, 15) is 9.59 Å². The molecule has 1 saturated heterocycles. The van der Waals surface area contributed by atoms with Crippen LogP contribution in [0.2, 0.25) is 0 Å². The van der Waals surface area contributed by atoms with Gasteiger partial charge in [0.05, 0.1) is 14.2 Å². The van der Waals surface area contributed by atoms with Crippen molar-refractivity contribution in [3.8, 4) is 11.5 Å². The van der Waals surface area contributed by atoms with Crippen LogP contribution in [0.25, 0.3) is 0 Å². The SMILES string of the molecule is COc1cc(OC)cc(C(=O)N2CCN(C(=O)N(C)C)CC2)c1. The number of piperazine rings is 1. The van der Waals surface area contributed by atoms with Crippen LogP contribution < -0.4 is 9.47 Å². The molecule has 3 amide bonds. The predicted molar refractivity (Wildman–Crippen MR) is 86.1 cm³/mol. The highest BCUT2D eigenvalue weighted by atomic mass is 16.5. The molecule has 23 heavy (non-hydrogen) atoms. The second-order valence-corrected chi connectivity index (χ2v) is 5.56. The fourth-order valence-electron chi connectivity index (χ4n) is 2.50. The standard InChI is InChI=1S/C16H23N3O4/c1-17(2)16(21)19-7-5-18(6-8-19)15(20)12-9-13(22-3)11-14(10-12)23-4/h9-11H,5-8H2,1-4H3. The molecule has 2 rings (SSSR count). The Morgan fingerprint density at radius 1 is 0.913 bits per heavy atom. The van der Waals surface area contributed by atoms with Crippen LogP contribution in [0.3, 0.4) is 0 Å². The minimum atomic E-state index is -0.0841. The number of urea groups is 1. The maximum atomic E-state index is 12.6. The molecule has 0 unspecified atom stereocenters. The van der Waals surface area contributed by atoms with Crippen LogP contribution in [-0.4, -0.2) is 81.1 Å². The lowest BCUT2D eigenvalue weighted by molar-refractivity contribution is 0.0649. The van der Waals surface area contributed by atoms with Gasteiger partial charge in [-0.1, -0.05) is 0 Å². The van der Waals surface area contributed by atoms with Gasteiger partial charge >= 0.3 is 6.03 Å². The zero-order chi connectivity index (χ0) is 17.0. The molecule has 0 atom stereocenters. The molecule has 1 aromatic carbocycles. The highest BCUT2D eigenvalue weighted by Gasteiger charge is 2.26. The van der Waals surface area contributed by atoms with E-state index >= 15 is 0 Å². The number of hydrogen-bond acceptors (Lipinski definition) is 4. The van der Waals surface area contributed by atoms with Crippen molar-refractivity contribution in [3.05, 3.63) is 23.8 Å². The summed E-state index contributed by atoms with van der Waals surface area (Å²) in [6.45, 7) is 2.09.